The summed E-state index contributed by atoms with van der Waals surface area (Å²) in [6.07, 6.45) is 1.33. The quantitative estimate of drug-likeness (QED) is 0.426. The normalized spacial score (nSPS) is 10.8. The molecule has 0 heterocycles. The van der Waals surface area contributed by atoms with E-state index in [4.69, 9.17) is 9.47 Å². The Morgan fingerprint density at radius 2 is 1.82 bits per heavy atom. The molecular formula is C20H22BrN3O4. The Balaban J connectivity index is 1.81. The van der Waals surface area contributed by atoms with Crippen LogP contribution in [0.2, 0.25) is 0 Å². The van der Waals surface area contributed by atoms with Gasteiger partial charge in [-0.15, -0.1) is 0 Å². The molecule has 0 spiro atoms. The van der Waals surface area contributed by atoms with Gasteiger partial charge in [-0.2, -0.15) is 0 Å². The second kappa shape index (κ2) is 10.4. The fourth-order valence-corrected chi connectivity index (χ4v) is 2.47. The standard InChI is InChI=1S/C20H22BrN3O4/c1-13-4-9-18(27-3)17(10-13)22-19(25)11-14(2)23-24-20(26)12-28-16-7-5-15(21)6-8-16/h4-11,23H,12H2,1-3H3,(H,22,25)(H,24,26). The number of allylic oxidation sites excluding steroid dienone is 1. The van der Waals surface area contributed by atoms with Crippen LogP contribution in [0, 0.1) is 6.92 Å². The number of hydrogen-bond donors (Lipinski definition) is 3. The number of rotatable bonds is 8. The number of ether oxygens (including phenoxy) is 2. The number of halogens is 1. The summed E-state index contributed by atoms with van der Waals surface area (Å²) in [5.74, 6) is 0.416. The maximum absolute atomic E-state index is 12.2. The summed E-state index contributed by atoms with van der Waals surface area (Å²) >= 11 is 3.33. The first-order chi connectivity index (χ1) is 13.4. The number of methoxy groups -OCH3 is 1. The Kier molecular flexibility index (Phi) is 7.88. The van der Waals surface area contributed by atoms with Crippen LogP contribution < -0.4 is 25.6 Å². The van der Waals surface area contributed by atoms with Gasteiger partial charge in [0.1, 0.15) is 11.5 Å². The first kappa shape index (κ1) is 21.3. The van der Waals surface area contributed by atoms with Crippen molar-refractivity contribution in [3.05, 3.63) is 64.3 Å². The molecule has 3 N–H and O–H groups in total. The number of nitrogens with one attached hydrogen (secondary N) is 3. The minimum atomic E-state index is -0.378. The SMILES string of the molecule is COc1ccc(C)cc1NC(=O)C=C(C)NNC(=O)COc1ccc(Br)cc1. The molecule has 0 atom stereocenters. The van der Waals surface area contributed by atoms with E-state index in [9.17, 15) is 9.59 Å². The van der Waals surface area contributed by atoms with E-state index in [1.165, 1.54) is 13.2 Å². The van der Waals surface area contributed by atoms with Crippen LogP contribution in [0.25, 0.3) is 0 Å². The molecule has 0 aliphatic carbocycles. The number of anilines is 1. The molecule has 0 aromatic heterocycles. The maximum Gasteiger partial charge on any atom is 0.276 e. The van der Waals surface area contributed by atoms with Crippen LogP contribution in [0.4, 0.5) is 5.69 Å². The first-order valence-electron chi connectivity index (χ1n) is 8.44. The molecule has 0 fully saturated rings. The van der Waals surface area contributed by atoms with Gasteiger partial charge in [0.2, 0.25) is 5.91 Å². The van der Waals surface area contributed by atoms with Crippen LogP contribution in [0.3, 0.4) is 0 Å². The molecule has 8 heteroatoms. The lowest BCUT2D eigenvalue weighted by atomic mass is 10.2. The largest absolute Gasteiger partial charge is 0.495 e. The molecule has 0 aliphatic heterocycles. The summed E-state index contributed by atoms with van der Waals surface area (Å²) in [7, 11) is 1.54. The third-order valence-corrected chi connectivity index (χ3v) is 4.07. The highest BCUT2D eigenvalue weighted by Crippen LogP contribution is 2.25. The Labute approximate surface area is 172 Å². The van der Waals surface area contributed by atoms with Crippen LogP contribution >= 0.6 is 15.9 Å². The predicted molar refractivity (Wildman–Crippen MR) is 111 cm³/mol. The highest BCUT2D eigenvalue weighted by atomic mass is 79.9. The van der Waals surface area contributed by atoms with Gasteiger partial charge in [0, 0.05) is 16.2 Å². The Bertz CT molecular complexity index is 866. The highest BCUT2D eigenvalue weighted by molar-refractivity contribution is 9.10. The van der Waals surface area contributed by atoms with Gasteiger partial charge in [0.25, 0.3) is 5.91 Å². The van der Waals surface area contributed by atoms with E-state index in [2.05, 4.69) is 32.1 Å². The first-order valence-corrected chi connectivity index (χ1v) is 9.24. The van der Waals surface area contributed by atoms with Gasteiger partial charge in [-0.05, 0) is 55.8 Å². The molecule has 148 valence electrons. The number of carbonyl (C=O) groups is 2. The molecule has 2 amide bonds. The monoisotopic (exact) mass is 447 g/mol. The Morgan fingerprint density at radius 3 is 2.50 bits per heavy atom. The van der Waals surface area contributed by atoms with Crippen molar-refractivity contribution in [1.82, 2.24) is 10.9 Å². The zero-order chi connectivity index (χ0) is 20.5. The second-order valence-electron chi connectivity index (χ2n) is 5.94. The Hall–Kier alpha value is -3.00. The molecule has 2 aromatic rings. The lowest BCUT2D eigenvalue weighted by Gasteiger charge is -2.11. The van der Waals surface area contributed by atoms with Crippen molar-refractivity contribution in [1.29, 1.82) is 0 Å². The topological polar surface area (TPSA) is 88.7 Å². The molecule has 0 saturated heterocycles. The minimum Gasteiger partial charge on any atom is -0.495 e. The van der Waals surface area contributed by atoms with Gasteiger partial charge in [-0.3, -0.25) is 15.0 Å². The third-order valence-electron chi connectivity index (χ3n) is 3.54. The van der Waals surface area contributed by atoms with E-state index < -0.39 is 0 Å². The summed E-state index contributed by atoms with van der Waals surface area (Å²) in [5, 5.41) is 2.75. The van der Waals surface area contributed by atoms with Gasteiger partial charge >= 0.3 is 0 Å². The van der Waals surface area contributed by atoms with Crippen molar-refractivity contribution >= 4 is 33.4 Å². The van der Waals surface area contributed by atoms with Gasteiger partial charge in [-0.25, -0.2) is 0 Å². The number of benzene rings is 2. The molecule has 0 bridgehead atoms. The molecule has 2 aromatic carbocycles. The molecule has 0 aliphatic rings. The zero-order valence-corrected chi connectivity index (χ0v) is 17.4. The van der Waals surface area contributed by atoms with Gasteiger partial charge in [0.05, 0.1) is 12.8 Å². The summed E-state index contributed by atoms with van der Waals surface area (Å²) in [5.41, 5.74) is 7.16. The lowest BCUT2D eigenvalue weighted by Crippen LogP contribution is -2.39. The number of amides is 2. The van der Waals surface area contributed by atoms with Crippen molar-refractivity contribution < 1.29 is 19.1 Å². The van der Waals surface area contributed by atoms with E-state index in [0.717, 1.165) is 10.0 Å². The summed E-state index contributed by atoms with van der Waals surface area (Å²) in [6, 6.07) is 12.6. The summed E-state index contributed by atoms with van der Waals surface area (Å²) in [6.45, 7) is 3.42. The zero-order valence-electron chi connectivity index (χ0n) is 15.8. The molecule has 0 unspecified atom stereocenters. The number of hydrogen-bond acceptors (Lipinski definition) is 5. The molecule has 28 heavy (non-hydrogen) atoms. The van der Waals surface area contributed by atoms with Crippen molar-refractivity contribution in [2.75, 3.05) is 19.0 Å². The summed E-state index contributed by atoms with van der Waals surface area (Å²) in [4.78, 5) is 24.0. The van der Waals surface area contributed by atoms with E-state index in [0.29, 0.717) is 22.9 Å². The number of carbonyl (C=O) groups excluding carboxylic acids is 2. The van der Waals surface area contributed by atoms with Crippen molar-refractivity contribution in [2.45, 2.75) is 13.8 Å². The van der Waals surface area contributed by atoms with Gasteiger partial charge < -0.3 is 20.2 Å². The lowest BCUT2D eigenvalue weighted by molar-refractivity contribution is -0.124. The highest BCUT2D eigenvalue weighted by Gasteiger charge is 2.07. The second-order valence-corrected chi connectivity index (χ2v) is 6.85. The van der Waals surface area contributed by atoms with Crippen molar-refractivity contribution in [2.24, 2.45) is 0 Å². The maximum atomic E-state index is 12.2. The van der Waals surface area contributed by atoms with Gasteiger partial charge in [0.15, 0.2) is 6.61 Å². The van der Waals surface area contributed by atoms with Crippen LogP contribution in [0.15, 0.2) is 58.7 Å². The number of hydrazine groups is 1. The van der Waals surface area contributed by atoms with E-state index in [1.807, 2.05) is 31.2 Å². The van der Waals surface area contributed by atoms with E-state index >= 15 is 0 Å². The van der Waals surface area contributed by atoms with Crippen LogP contribution in [-0.2, 0) is 9.59 Å². The fourth-order valence-electron chi connectivity index (χ4n) is 2.21. The number of aryl methyl sites for hydroxylation is 1. The van der Waals surface area contributed by atoms with Crippen LogP contribution in [0.5, 0.6) is 11.5 Å². The average Bonchev–Trinajstić information content (AvgIpc) is 2.66. The molecule has 2 rings (SSSR count). The van der Waals surface area contributed by atoms with E-state index in [1.54, 1.807) is 25.1 Å². The van der Waals surface area contributed by atoms with Crippen molar-refractivity contribution in [3.63, 3.8) is 0 Å². The molecule has 0 saturated carbocycles. The molecule has 0 radical (unpaired) electrons. The van der Waals surface area contributed by atoms with Crippen molar-refractivity contribution in [3.8, 4) is 11.5 Å². The van der Waals surface area contributed by atoms with Crippen LogP contribution in [0.1, 0.15) is 12.5 Å². The Morgan fingerprint density at radius 1 is 1.11 bits per heavy atom. The van der Waals surface area contributed by atoms with Crippen LogP contribution in [-0.4, -0.2) is 25.5 Å². The third kappa shape index (κ3) is 6.96. The average molecular weight is 448 g/mol. The van der Waals surface area contributed by atoms with E-state index in [-0.39, 0.29) is 18.4 Å². The minimum absolute atomic E-state index is 0.158. The smallest absolute Gasteiger partial charge is 0.276 e. The predicted octanol–water partition coefficient (Wildman–Crippen LogP) is 3.31. The summed E-state index contributed by atoms with van der Waals surface area (Å²) < 4.78 is 11.5. The molecule has 7 nitrogen and oxygen atoms in total. The fraction of sp³-hybridized carbons (Fsp3) is 0.200. The van der Waals surface area contributed by atoms with Gasteiger partial charge in [-0.1, -0.05) is 22.0 Å². The molecular weight excluding hydrogens is 426 g/mol.